The van der Waals surface area contributed by atoms with Gasteiger partial charge in [-0.25, -0.2) is 0 Å². The molecule has 0 radical (unpaired) electrons. The quantitative estimate of drug-likeness (QED) is 0.884. The van der Waals surface area contributed by atoms with Crippen LogP contribution in [0.25, 0.3) is 0 Å². The van der Waals surface area contributed by atoms with E-state index in [4.69, 9.17) is 4.74 Å². The fraction of sp³-hybridized carbons (Fsp3) is 0.625. The standard InChI is InChI=1S/C16H24N2O/c1-12-6-5-9-18(13(12)2)11-14-10-17-15-7-3-4-8-16(15)19-14/h3-4,7-8,12-14,17H,5-6,9-11H2,1-2H3. The number of nitrogens with zero attached hydrogens (tertiary/aromatic N) is 1. The molecule has 2 aliphatic rings. The average molecular weight is 260 g/mol. The predicted octanol–water partition coefficient (Wildman–Crippen LogP) is 2.98. The van der Waals surface area contributed by atoms with Gasteiger partial charge in [-0.15, -0.1) is 0 Å². The van der Waals surface area contributed by atoms with Crippen LogP contribution in [-0.4, -0.2) is 36.7 Å². The van der Waals surface area contributed by atoms with E-state index in [0.29, 0.717) is 6.04 Å². The van der Waals surface area contributed by atoms with Crippen LogP contribution in [0, 0.1) is 5.92 Å². The Bertz CT molecular complexity index is 435. The van der Waals surface area contributed by atoms with Crippen LogP contribution >= 0.6 is 0 Å². The van der Waals surface area contributed by atoms with Crippen LogP contribution in [0.1, 0.15) is 26.7 Å². The molecule has 3 rings (SSSR count). The van der Waals surface area contributed by atoms with Crippen molar-refractivity contribution < 1.29 is 4.74 Å². The molecule has 19 heavy (non-hydrogen) atoms. The zero-order chi connectivity index (χ0) is 13.2. The molecule has 0 amide bonds. The third-order valence-electron chi connectivity index (χ3n) is 4.64. The van der Waals surface area contributed by atoms with Crippen LogP contribution in [0.3, 0.4) is 0 Å². The van der Waals surface area contributed by atoms with Crippen LogP contribution in [0.4, 0.5) is 5.69 Å². The van der Waals surface area contributed by atoms with Crippen molar-refractivity contribution in [3.63, 3.8) is 0 Å². The molecule has 0 aliphatic carbocycles. The predicted molar refractivity (Wildman–Crippen MR) is 78.8 cm³/mol. The minimum atomic E-state index is 0.266. The smallest absolute Gasteiger partial charge is 0.142 e. The van der Waals surface area contributed by atoms with Crippen molar-refractivity contribution in [2.75, 3.05) is 25.0 Å². The van der Waals surface area contributed by atoms with E-state index in [0.717, 1.165) is 30.4 Å². The van der Waals surface area contributed by atoms with Gasteiger partial charge in [0.1, 0.15) is 11.9 Å². The first kappa shape index (κ1) is 12.8. The molecule has 1 fully saturated rings. The highest BCUT2D eigenvalue weighted by atomic mass is 16.5. The fourth-order valence-corrected chi connectivity index (χ4v) is 3.20. The monoisotopic (exact) mass is 260 g/mol. The number of ether oxygens (including phenoxy) is 1. The van der Waals surface area contributed by atoms with Crippen LogP contribution in [0.5, 0.6) is 5.75 Å². The van der Waals surface area contributed by atoms with Crippen molar-refractivity contribution in [3.05, 3.63) is 24.3 Å². The lowest BCUT2D eigenvalue weighted by Crippen LogP contribution is -2.49. The molecule has 0 bridgehead atoms. The summed E-state index contributed by atoms with van der Waals surface area (Å²) in [6.45, 7) is 7.88. The van der Waals surface area contributed by atoms with Gasteiger partial charge in [0.05, 0.1) is 12.2 Å². The van der Waals surface area contributed by atoms with E-state index < -0.39 is 0 Å². The number of hydrogen-bond acceptors (Lipinski definition) is 3. The van der Waals surface area contributed by atoms with Crippen LogP contribution in [-0.2, 0) is 0 Å². The third-order valence-corrected chi connectivity index (χ3v) is 4.64. The molecule has 3 heteroatoms. The lowest BCUT2D eigenvalue weighted by molar-refractivity contribution is 0.0643. The Balaban J connectivity index is 1.63. The largest absolute Gasteiger partial charge is 0.485 e. The maximum absolute atomic E-state index is 6.11. The molecule has 2 aliphatic heterocycles. The second kappa shape index (κ2) is 5.41. The number of hydrogen-bond donors (Lipinski definition) is 1. The molecule has 1 aromatic carbocycles. The van der Waals surface area contributed by atoms with Gasteiger partial charge < -0.3 is 10.1 Å². The molecule has 1 N–H and O–H groups in total. The van der Waals surface area contributed by atoms with E-state index in [1.807, 2.05) is 12.1 Å². The molecule has 2 heterocycles. The molecular formula is C16H24N2O. The number of para-hydroxylation sites is 2. The summed E-state index contributed by atoms with van der Waals surface area (Å²) in [5, 5.41) is 3.48. The van der Waals surface area contributed by atoms with Gasteiger partial charge in [-0.1, -0.05) is 19.1 Å². The molecule has 104 valence electrons. The van der Waals surface area contributed by atoms with E-state index in [-0.39, 0.29) is 6.10 Å². The highest BCUT2D eigenvalue weighted by Gasteiger charge is 2.28. The Morgan fingerprint density at radius 3 is 3.05 bits per heavy atom. The lowest BCUT2D eigenvalue weighted by Gasteiger charge is -2.40. The normalized spacial score (nSPS) is 31.2. The average Bonchev–Trinajstić information content (AvgIpc) is 2.44. The van der Waals surface area contributed by atoms with Gasteiger partial charge in [0.2, 0.25) is 0 Å². The van der Waals surface area contributed by atoms with E-state index in [2.05, 4.69) is 36.2 Å². The summed E-state index contributed by atoms with van der Waals surface area (Å²) in [6, 6.07) is 8.89. The Hall–Kier alpha value is -1.22. The van der Waals surface area contributed by atoms with Crippen LogP contribution in [0.15, 0.2) is 24.3 Å². The number of nitrogens with one attached hydrogen (secondary N) is 1. The van der Waals surface area contributed by atoms with Crippen molar-refractivity contribution in [2.45, 2.75) is 38.8 Å². The van der Waals surface area contributed by atoms with E-state index in [1.165, 1.54) is 19.4 Å². The molecule has 3 nitrogen and oxygen atoms in total. The van der Waals surface area contributed by atoms with Crippen LogP contribution in [0.2, 0.25) is 0 Å². The fourth-order valence-electron chi connectivity index (χ4n) is 3.20. The molecular weight excluding hydrogens is 236 g/mol. The van der Waals surface area contributed by atoms with Gasteiger partial charge in [0.15, 0.2) is 0 Å². The number of anilines is 1. The van der Waals surface area contributed by atoms with E-state index >= 15 is 0 Å². The molecule has 0 saturated carbocycles. The number of fused-ring (bicyclic) bond motifs is 1. The molecule has 0 aromatic heterocycles. The maximum Gasteiger partial charge on any atom is 0.142 e. The first-order valence-electron chi connectivity index (χ1n) is 7.47. The zero-order valence-electron chi connectivity index (χ0n) is 11.9. The summed E-state index contributed by atoms with van der Waals surface area (Å²) in [7, 11) is 0. The maximum atomic E-state index is 6.11. The molecule has 1 aromatic rings. The van der Waals surface area contributed by atoms with Crippen molar-refractivity contribution in [3.8, 4) is 5.75 Å². The summed E-state index contributed by atoms with van der Waals surface area (Å²) in [5.74, 6) is 1.80. The van der Waals surface area contributed by atoms with Gasteiger partial charge >= 0.3 is 0 Å². The molecule has 3 atom stereocenters. The van der Waals surface area contributed by atoms with Gasteiger partial charge in [-0.2, -0.15) is 0 Å². The van der Waals surface area contributed by atoms with Crippen molar-refractivity contribution in [1.82, 2.24) is 4.90 Å². The number of piperidine rings is 1. The molecule has 1 saturated heterocycles. The first-order valence-corrected chi connectivity index (χ1v) is 7.47. The Labute approximate surface area is 115 Å². The highest BCUT2D eigenvalue weighted by Crippen LogP contribution is 2.29. The zero-order valence-corrected chi connectivity index (χ0v) is 11.9. The van der Waals surface area contributed by atoms with Gasteiger partial charge in [0.25, 0.3) is 0 Å². The first-order chi connectivity index (χ1) is 9.24. The molecule has 3 unspecified atom stereocenters. The summed E-state index contributed by atoms with van der Waals surface area (Å²) in [4.78, 5) is 2.59. The van der Waals surface area contributed by atoms with E-state index in [1.54, 1.807) is 0 Å². The van der Waals surface area contributed by atoms with Gasteiger partial charge in [0, 0.05) is 12.6 Å². The van der Waals surface area contributed by atoms with E-state index in [9.17, 15) is 0 Å². The summed E-state index contributed by atoms with van der Waals surface area (Å²) in [6.07, 6.45) is 2.95. The Kier molecular flexibility index (Phi) is 3.65. The second-order valence-corrected chi connectivity index (χ2v) is 5.97. The summed E-state index contributed by atoms with van der Waals surface area (Å²) >= 11 is 0. The van der Waals surface area contributed by atoms with Gasteiger partial charge in [-0.3, -0.25) is 4.90 Å². The third kappa shape index (κ3) is 2.71. The number of likely N-dealkylation sites (tertiary alicyclic amines) is 1. The van der Waals surface area contributed by atoms with Crippen LogP contribution < -0.4 is 10.1 Å². The minimum Gasteiger partial charge on any atom is -0.485 e. The summed E-state index contributed by atoms with van der Waals surface area (Å²) < 4.78 is 6.11. The SMILES string of the molecule is CC1CCCN(CC2CNc3ccccc3O2)C1C. The Morgan fingerprint density at radius 1 is 1.32 bits per heavy atom. The minimum absolute atomic E-state index is 0.266. The number of rotatable bonds is 2. The van der Waals surface area contributed by atoms with Gasteiger partial charge in [-0.05, 0) is 44.4 Å². The lowest BCUT2D eigenvalue weighted by atomic mass is 9.92. The van der Waals surface area contributed by atoms with Crippen molar-refractivity contribution in [1.29, 1.82) is 0 Å². The Morgan fingerprint density at radius 2 is 2.16 bits per heavy atom. The topological polar surface area (TPSA) is 24.5 Å². The summed E-state index contributed by atoms with van der Waals surface area (Å²) in [5.41, 5.74) is 1.12. The van der Waals surface area contributed by atoms with Crippen molar-refractivity contribution in [2.24, 2.45) is 5.92 Å². The second-order valence-electron chi connectivity index (χ2n) is 5.97. The van der Waals surface area contributed by atoms with Crippen molar-refractivity contribution >= 4 is 5.69 Å². The number of benzene rings is 1. The highest BCUT2D eigenvalue weighted by molar-refractivity contribution is 5.57. The molecule has 0 spiro atoms.